The Hall–Kier alpha value is -4.16. The Morgan fingerprint density at radius 3 is 2.16 bits per heavy atom. The van der Waals surface area contributed by atoms with Gasteiger partial charge >= 0.3 is 0 Å². The zero-order valence-electron chi connectivity index (χ0n) is 17.5. The Labute approximate surface area is 186 Å². The molecule has 0 aliphatic rings. The lowest BCUT2D eigenvalue weighted by Crippen LogP contribution is -1.85. The van der Waals surface area contributed by atoms with E-state index in [0.717, 1.165) is 5.39 Å². The van der Waals surface area contributed by atoms with Gasteiger partial charge in [0, 0.05) is 0 Å². The molecule has 0 unspecified atom stereocenters. The Bertz CT molecular complexity index is 1820. The maximum absolute atomic E-state index is 3.36. The third-order valence-corrected chi connectivity index (χ3v) is 6.67. The minimum atomic E-state index is 1.16. The van der Waals surface area contributed by atoms with Crippen LogP contribution in [0.2, 0.25) is 0 Å². The summed E-state index contributed by atoms with van der Waals surface area (Å²) in [6.45, 7) is 0. The normalized spacial score (nSPS) is 11.8. The van der Waals surface area contributed by atoms with Crippen LogP contribution in [0.5, 0.6) is 0 Å². The Balaban J connectivity index is 1.47. The van der Waals surface area contributed by atoms with E-state index in [2.05, 4.69) is 115 Å². The lowest BCUT2D eigenvalue weighted by atomic mass is 9.93. The topological polar surface area (TPSA) is 0 Å². The number of fused-ring (bicyclic) bond motifs is 6. The summed E-state index contributed by atoms with van der Waals surface area (Å²) >= 11 is 0. The first-order chi connectivity index (χ1) is 15.8. The summed E-state index contributed by atoms with van der Waals surface area (Å²) in [6, 6.07) is 45.3. The molecule has 32 heavy (non-hydrogen) atoms. The highest BCUT2D eigenvalue weighted by Crippen LogP contribution is 2.35. The van der Waals surface area contributed by atoms with Crippen LogP contribution in [0.25, 0.3) is 65.0 Å². The maximum Gasteiger partial charge on any atom is -0.00988 e. The van der Waals surface area contributed by atoms with Crippen LogP contribution in [0.4, 0.5) is 0 Å². The summed E-state index contributed by atoms with van der Waals surface area (Å²) in [6.07, 6.45) is 0. The van der Waals surface area contributed by atoms with Crippen LogP contribution in [0, 0.1) is 6.07 Å². The molecule has 0 heterocycles. The highest BCUT2D eigenvalue weighted by atomic mass is 14.1. The molecular weight excluding hydrogens is 384 g/mol. The van der Waals surface area contributed by atoms with Gasteiger partial charge in [-0.25, -0.2) is 0 Å². The van der Waals surface area contributed by atoms with Gasteiger partial charge in [-0.2, -0.15) is 0 Å². The lowest BCUT2D eigenvalue weighted by molar-refractivity contribution is 1.70. The van der Waals surface area contributed by atoms with E-state index in [1.165, 1.54) is 59.6 Å². The second-order valence-electron chi connectivity index (χ2n) is 8.56. The first-order valence-electron chi connectivity index (χ1n) is 11.0. The van der Waals surface area contributed by atoms with E-state index in [-0.39, 0.29) is 0 Å². The largest absolute Gasteiger partial charge is 0.0616 e. The fourth-order valence-electron chi connectivity index (χ4n) is 5.08. The van der Waals surface area contributed by atoms with Crippen LogP contribution in [-0.4, -0.2) is 0 Å². The van der Waals surface area contributed by atoms with E-state index in [1.807, 2.05) is 6.07 Å². The van der Waals surface area contributed by atoms with Crippen LogP contribution in [0.1, 0.15) is 0 Å². The van der Waals surface area contributed by atoms with Gasteiger partial charge in [0.2, 0.25) is 0 Å². The molecule has 7 aromatic rings. The molecule has 0 saturated heterocycles. The van der Waals surface area contributed by atoms with Crippen molar-refractivity contribution in [1.82, 2.24) is 0 Å². The minimum absolute atomic E-state index is 1.16. The molecule has 0 aliphatic carbocycles. The highest BCUT2D eigenvalue weighted by molar-refractivity contribution is 6.13. The average Bonchev–Trinajstić information content (AvgIpc) is 2.85. The molecule has 7 aromatic carbocycles. The molecular formula is C32H19. The lowest BCUT2D eigenvalue weighted by Gasteiger charge is -2.11. The predicted molar refractivity (Wildman–Crippen MR) is 138 cm³/mol. The number of benzene rings is 7. The minimum Gasteiger partial charge on any atom is -0.0616 e. The number of hydrogen-bond donors (Lipinski definition) is 0. The van der Waals surface area contributed by atoms with Crippen molar-refractivity contribution in [2.24, 2.45) is 0 Å². The molecule has 0 amide bonds. The standard InChI is InChI=1S/C32H19/c1-2-8-23-17-28-20-26-19-25(13-12-24(26)18-27(28)16-22(23)7-1)30-10-5-11-31-29-9-4-3-6-21(29)14-15-32(30)31/h1-7,9-20H. The van der Waals surface area contributed by atoms with Crippen molar-refractivity contribution >= 4 is 53.9 Å². The van der Waals surface area contributed by atoms with Gasteiger partial charge in [0.15, 0.2) is 0 Å². The van der Waals surface area contributed by atoms with E-state index in [9.17, 15) is 0 Å². The van der Waals surface area contributed by atoms with E-state index in [0.29, 0.717) is 0 Å². The first-order valence-corrected chi connectivity index (χ1v) is 11.0. The van der Waals surface area contributed by atoms with E-state index in [4.69, 9.17) is 0 Å². The molecule has 147 valence electrons. The van der Waals surface area contributed by atoms with Crippen LogP contribution in [0.15, 0.2) is 115 Å². The Morgan fingerprint density at radius 1 is 0.406 bits per heavy atom. The molecule has 0 N–H and O–H groups in total. The summed E-state index contributed by atoms with van der Waals surface area (Å²) < 4.78 is 0. The molecule has 0 saturated carbocycles. The molecule has 1 radical (unpaired) electrons. The zero-order valence-corrected chi connectivity index (χ0v) is 17.5. The van der Waals surface area contributed by atoms with Crippen molar-refractivity contribution in [1.29, 1.82) is 0 Å². The second kappa shape index (κ2) is 6.67. The summed E-state index contributed by atoms with van der Waals surface area (Å²) in [7, 11) is 0. The second-order valence-corrected chi connectivity index (χ2v) is 8.56. The predicted octanol–water partition coefficient (Wildman–Crippen LogP) is 8.92. The summed E-state index contributed by atoms with van der Waals surface area (Å²) in [4.78, 5) is 0. The molecule has 0 bridgehead atoms. The van der Waals surface area contributed by atoms with Crippen molar-refractivity contribution in [3.63, 3.8) is 0 Å². The number of hydrogen-bond acceptors (Lipinski definition) is 0. The molecule has 0 atom stereocenters. The molecule has 0 fully saturated rings. The summed E-state index contributed by atoms with van der Waals surface area (Å²) in [5.41, 5.74) is 2.53. The fraction of sp³-hybridized carbons (Fsp3) is 0. The maximum atomic E-state index is 3.36. The number of rotatable bonds is 1. The zero-order chi connectivity index (χ0) is 21.1. The first kappa shape index (κ1) is 17.5. The van der Waals surface area contributed by atoms with Crippen LogP contribution in [0.3, 0.4) is 0 Å². The van der Waals surface area contributed by atoms with Gasteiger partial charge in [-0.15, -0.1) is 0 Å². The van der Waals surface area contributed by atoms with Gasteiger partial charge < -0.3 is 0 Å². The Morgan fingerprint density at radius 2 is 1.16 bits per heavy atom. The monoisotopic (exact) mass is 403 g/mol. The van der Waals surface area contributed by atoms with Crippen molar-refractivity contribution in [2.75, 3.05) is 0 Å². The van der Waals surface area contributed by atoms with Gasteiger partial charge in [0.1, 0.15) is 0 Å². The smallest absolute Gasteiger partial charge is 0.00988 e. The average molecular weight is 404 g/mol. The molecule has 0 spiro atoms. The van der Waals surface area contributed by atoms with E-state index >= 15 is 0 Å². The van der Waals surface area contributed by atoms with Crippen LogP contribution < -0.4 is 0 Å². The quantitative estimate of drug-likeness (QED) is 0.190. The molecule has 7 rings (SSSR count). The van der Waals surface area contributed by atoms with Gasteiger partial charge in [-0.3, -0.25) is 0 Å². The SMILES string of the molecule is [c]1cccc2cc3cc4ccc(-c5cccc6c5ccc5ccccc56)cc4cc3cc12. The third-order valence-electron chi connectivity index (χ3n) is 6.67. The Kier molecular flexibility index (Phi) is 3.65. The van der Waals surface area contributed by atoms with Crippen molar-refractivity contribution < 1.29 is 0 Å². The highest BCUT2D eigenvalue weighted by Gasteiger charge is 2.08. The summed E-state index contributed by atoms with van der Waals surface area (Å²) in [5.74, 6) is 0. The van der Waals surface area contributed by atoms with E-state index < -0.39 is 0 Å². The molecule has 0 nitrogen and oxygen atoms in total. The van der Waals surface area contributed by atoms with Crippen molar-refractivity contribution in [3.05, 3.63) is 121 Å². The van der Waals surface area contributed by atoms with Crippen LogP contribution in [-0.2, 0) is 0 Å². The van der Waals surface area contributed by atoms with Gasteiger partial charge in [-0.1, -0.05) is 84.9 Å². The van der Waals surface area contributed by atoms with Crippen LogP contribution >= 0.6 is 0 Å². The summed E-state index contributed by atoms with van der Waals surface area (Å²) in [5, 5.41) is 12.7. The third kappa shape index (κ3) is 2.63. The van der Waals surface area contributed by atoms with Crippen molar-refractivity contribution in [3.8, 4) is 11.1 Å². The van der Waals surface area contributed by atoms with Gasteiger partial charge in [0.05, 0.1) is 0 Å². The molecule has 0 aromatic heterocycles. The van der Waals surface area contributed by atoms with E-state index in [1.54, 1.807) is 0 Å². The van der Waals surface area contributed by atoms with Crippen molar-refractivity contribution in [2.45, 2.75) is 0 Å². The van der Waals surface area contributed by atoms with Gasteiger partial charge in [0.25, 0.3) is 0 Å². The molecule has 0 heteroatoms. The van der Waals surface area contributed by atoms with Gasteiger partial charge in [-0.05, 0) is 101 Å². The fourth-order valence-corrected chi connectivity index (χ4v) is 5.08. The molecule has 0 aliphatic heterocycles.